The van der Waals surface area contributed by atoms with Gasteiger partial charge >= 0.3 is 6.18 Å². The highest BCUT2D eigenvalue weighted by Gasteiger charge is 2.62. The van der Waals surface area contributed by atoms with Crippen LogP contribution in [0.3, 0.4) is 0 Å². The molecule has 2 unspecified atom stereocenters. The van der Waals surface area contributed by atoms with Crippen molar-refractivity contribution < 1.29 is 18.0 Å². The van der Waals surface area contributed by atoms with Crippen LogP contribution >= 0.6 is 0 Å². The molecule has 2 aliphatic rings. The van der Waals surface area contributed by atoms with E-state index in [0.717, 1.165) is 13.8 Å². The van der Waals surface area contributed by atoms with E-state index in [2.05, 4.69) is 19.2 Å². The van der Waals surface area contributed by atoms with Gasteiger partial charge in [0.15, 0.2) is 0 Å². The minimum absolute atomic E-state index is 0.236. The van der Waals surface area contributed by atoms with E-state index < -0.39 is 11.7 Å². The lowest BCUT2D eigenvalue weighted by Gasteiger charge is -2.30. The maximum absolute atomic E-state index is 12.6. The Hall–Kier alpha value is -0.780. The van der Waals surface area contributed by atoms with Crippen LogP contribution in [0.4, 0.5) is 13.2 Å². The zero-order valence-corrected chi connectivity index (χ0v) is 11.8. The number of carbonyl (C=O) groups is 1. The number of hydrogen-bond donors (Lipinski definition) is 1. The van der Waals surface area contributed by atoms with Gasteiger partial charge in [-0.2, -0.15) is 13.2 Å². The van der Waals surface area contributed by atoms with Gasteiger partial charge in [-0.15, -0.1) is 0 Å². The summed E-state index contributed by atoms with van der Waals surface area (Å²) in [5.74, 6) is 0.805. The Morgan fingerprint density at radius 1 is 1.26 bits per heavy atom. The third-order valence-electron chi connectivity index (χ3n) is 4.87. The van der Waals surface area contributed by atoms with Gasteiger partial charge in [-0.25, -0.2) is 0 Å². The maximum Gasteiger partial charge on any atom is 0.406 e. The van der Waals surface area contributed by atoms with E-state index in [1.807, 2.05) is 0 Å². The van der Waals surface area contributed by atoms with Crippen molar-refractivity contribution in [1.82, 2.24) is 10.2 Å². The van der Waals surface area contributed by atoms with Gasteiger partial charge in [0, 0.05) is 13.1 Å². The highest BCUT2D eigenvalue weighted by atomic mass is 19.4. The van der Waals surface area contributed by atoms with E-state index in [4.69, 9.17) is 0 Å². The van der Waals surface area contributed by atoms with Crippen molar-refractivity contribution in [2.75, 3.05) is 19.6 Å². The number of fused-ring (bicyclic) bond motifs is 1. The van der Waals surface area contributed by atoms with Crippen molar-refractivity contribution in [2.45, 2.75) is 39.4 Å². The molecule has 3 nitrogen and oxygen atoms in total. The highest BCUT2D eigenvalue weighted by molar-refractivity contribution is 5.79. The predicted octanol–water partition coefficient (Wildman–Crippen LogP) is 2.03. The molecule has 110 valence electrons. The molecular formula is C13H21F3N2O. The number of nitrogens with zero attached hydrogens (tertiary/aromatic N) is 1. The lowest BCUT2D eigenvalue weighted by molar-refractivity contribution is -0.186. The molecule has 0 radical (unpaired) electrons. The second kappa shape index (κ2) is 4.11. The molecular weight excluding hydrogens is 257 g/mol. The summed E-state index contributed by atoms with van der Waals surface area (Å²) in [4.78, 5) is 13.6. The Kier molecular flexibility index (Phi) is 3.16. The first-order valence-electron chi connectivity index (χ1n) is 6.56. The number of piperidine rings is 1. The second-order valence-corrected chi connectivity index (χ2v) is 6.81. The van der Waals surface area contributed by atoms with Gasteiger partial charge in [0.05, 0.1) is 6.54 Å². The van der Waals surface area contributed by atoms with Crippen molar-refractivity contribution in [1.29, 1.82) is 0 Å². The van der Waals surface area contributed by atoms with Gasteiger partial charge < -0.3 is 4.90 Å². The van der Waals surface area contributed by atoms with Gasteiger partial charge in [0.2, 0.25) is 5.91 Å². The molecule has 2 fully saturated rings. The van der Waals surface area contributed by atoms with E-state index in [-0.39, 0.29) is 12.5 Å². The molecule has 1 saturated heterocycles. The molecule has 1 heterocycles. The third-order valence-corrected chi connectivity index (χ3v) is 4.87. The quantitative estimate of drug-likeness (QED) is 0.856. The number of rotatable bonds is 3. The van der Waals surface area contributed by atoms with Crippen LogP contribution in [0.2, 0.25) is 0 Å². The molecule has 1 aliphatic carbocycles. The second-order valence-electron chi connectivity index (χ2n) is 6.81. The molecule has 1 amide bonds. The van der Waals surface area contributed by atoms with Gasteiger partial charge in [0.25, 0.3) is 0 Å². The normalized spacial score (nSPS) is 29.3. The minimum Gasteiger partial charge on any atom is -0.341 e. The number of nitrogens with one attached hydrogen (secondary N) is 1. The number of carbonyl (C=O) groups excluding carboxylic acids is 1. The summed E-state index contributed by atoms with van der Waals surface area (Å²) in [7, 11) is 0. The molecule has 2 rings (SSSR count). The van der Waals surface area contributed by atoms with Crippen molar-refractivity contribution in [3.63, 3.8) is 0 Å². The molecule has 19 heavy (non-hydrogen) atoms. The van der Waals surface area contributed by atoms with Crippen LogP contribution < -0.4 is 5.32 Å². The molecule has 1 N–H and O–H groups in total. The zero-order valence-electron chi connectivity index (χ0n) is 11.8. The summed E-state index contributed by atoms with van der Waals surface area (Å²) in [5, 5.41) is 2.31. The number of hydrogen-bond acceptors (Lipinski definition) is 2. The Balaban J connectivity index is 1.81. The van der Waals surface area contributed by atoms with Crippen LogP contribution in [0.25, 0.3) is 0 Å². The first-order valence-corrected chi connectivity index (χ1v) is 6.56. The molecule has 1 aliphatic heterocycles. The number of alkyl halides is 3. The van der Waals surface area contributed by atoms with Crippen LogP contribution in [0, 0.1) is 17.3 Å². The molecule has 0 aromatic rings. The van der Waals surface area contributed by atoms with Crippen LogP contribution in [0.15, 0.2) is 0 Å². The fraction of sp³-hybridized carbons (Fsp3) is 0.923. The topological polar surface area (TPSA) is 32.3 Å². The molecule has 1 saturated carbocycles. The molecule has 0 bridgehead atoms. The van der Waals surface area contributed by atoms with E-state index in [1.54, 1.807) is 4.90 Å². The number of amides is 1. The molecule has 2 atom stereocenters. The fourth-order valence-electron chi connectivity index (χ4n) is 2.84. The van der Waals surface area contributed by atoms with Gasteiger partial charge in [-0.1, -0.05) is 13.8 Å². The smallest absolute Gasteiger partial charge is 0.341 e. The monoisotopic (exact) mass is 278 g/mol. The SMILES string of the molecule is CC1(C)C2CN(C(=O)CNC(C)(C)C(F)(F)F)CC21. The lowest BCUT2D eigenvalue weighted by Crippen LogP contribution is -2.55. The largest absolute Gasteiger partial charge is 0.406 e. The summed E-state index contributed by atoms with van der Waals surface area (Å²) < 4.78 is 37.9. The summed E-state index contributed by atoms with van der Waals surface area (Å²) in [6.07, 6.45) is -4.36. The van der Waals surface area contributed by atoms with Gasteiger partial charge in [-0.3, -0.25) is 10.1 Å². The number of likely N-dealkylation sites (tertiary alicyclic amines) is 1. The van der Waals surface area contributed by atoms with E-state index in [0.29, 0.717) is 30.3 Å². The summed E-state index contributed by atoms with van der Waals surface area (Å²) in [6, 6.07) is 0. The van der Waals surface area contributed by atoms with E-state index in [1.165, 1.54) is 0 Å². The van der Waals surface area contributed by atoms with Crippen molar-refractivity contribution in [3.8, 4) is 0 Å². The first-order chi connectivity index (χ1) is 8.47. The van der Waals surface area contributed by atoms with Crippen molar-refractivity contribution in [2.24, 2.45) is 17.3 Å². The Labute approximate surface area is 111 Å². The molecule has 6 heteroatoms. The number of halogens is 3. The third kappa shape index (κ3) is 2.47. The Morgan fingerprint density at radius 2 is 1.74 bits per heavy atom. The molecule has 0 aromatic carbocycles. The van der Waals surface area contributed by atoms with Crippen LogP contribution in [-0.2, 0) is 4.79 Å². The summed E-state index contributed by atoms with van der Waals surface area (Å²) in [6.45, 7) is 7.56. The lowest BCUT2D eigenvalue weighted by atomic mass is 10.0. The van der Waals surface area contributed by atoms with Crippen molar-refractivity contribution in [3.05, 3.63) is 0 Å². The van der Waals surface area contributed by atoms with E-state index in [9.17, 15) is 18.0 Å². The average molecular weight is 278 g/mol. The fourth-order valence-corrected chi connectivity index (χ4v) is 2.84. The van der Waals surface area contributed by atoms with Gasteiger partial charge in [0.1, 0.15) is 5.54 Å². The maximum atomic E-state index is 12.6. The predicted molar refractivity (Wildman–Crippen MR) is 65.5 cm³/mol. The van der Waals surface area contributed by atoms with E-state index >= 15 is 0 Å². The standard InChI is InChI=1S/C13H21F3N2O/c1-11(2)8-6-18(7-9(8)11)10(19)5-17-12(3,4)13(14,15)16/h8-9,17H,5-7H2,1-4H3. The highest BCUT2D eigenvalue weighted by Crippen LogP contribution is 2.61. The Morgan fingerprint density at radius 3 is 2.16 bits per heavy atom. The van der Waals surface area contributed by atoms with Gasteiger partial charge in [-0.05, 0) is 31.1 Å². The summed E-state index contributed by atoms with van der Waals surface area (Å²) in [5.41, 5.74) is -1.74. The zero-order chi connectivity index (χ0) is 14.6. The van der Waals surface area contributed by atoms with Crippen LogP contribution in [-0.4, -0.2) is 42.2 Å². The average Bonchev–Trinajstić information content (AvgIpc) is 2.67. The van der Waals surface area contributed by atoms with Crippen LogP contribution in [0.1, 0.15) is 27.7 Å². The Bertz CT molecular complexity index is 376. The minimum atomic E-state index is -4.36. The summed E-state index contributed by atoms with van der Waals surface area (Å²) >= 11 is 0. The van der Waals surface area contributed by atoms with Crippen LogP contribution in [0.5, 0.6) is 0 Å². The first kappa shape index (κ1) is 14.6. The van der Waals surface area contributed by atoms with Crippen molar-refractivity contribution >= 4 is 5.91 Å². The molecule has 0 spiro atoms. The molecule has 0 aromatic heterocycles.